The van der Waals surface area contributed by atoms with Crippen LogP contribution in [0.3, 0.4) is 0 Å². The first-order valence-corrected chi connectivity index (χ1v) is 8.43. The van der Waals surface area contributed by atoms with E-state index in [1.165, 1.54) is 11.4 Å². The molecule has 22 heavy (non-hydrogen) atoms. The van der Waals surface area contributed by atoms with Gasteiger partial charge in [-0.25, -0.2) is 4.98 Å². The Labute approximate surface area is 132 Å². The van der Waals surface area contributed by atoms with Crippen LogP contribution in [0.2, 0.25) is 0 Å². The zero-order valence-electron chi connectivity index (χ0n) is 13.9. The van der Waals surface area contributed by atoms with E-state index in [1.54, 1.807) is 7.11 Å². The first-order chi connectivity index (χ1) is 10.6. The number of imidazole rings is 1. The molecule has 2 atom stereocenters. The molecule has 1 amide bonds. The number of methoxy groups -OCH3 is 1. The van der Waals surface area contributed by atoms with Gasteiger partial charge in [-0.05, 0) is 19.3 Å². The van der Waals surface area contributed by atoms with E-state index in [9.17, 15) is 4.79 Å². The van der Waals surface area contributed by atoms with Crippen LogP contribution in [-0.4, -0.2) is 47.6 Å². The Morgan fingerprint density at radius 3 is 3.00 bits per heavy atom. The number of nitrogens with one attached hydrogen (secondary N) is 1. The predicted molar refractivity (Wildman–Crippen MR) is 84.8 cm³/mol. The molecule has 0 saturated carbocycles. The third-order valence-electron chi connectivity index (χ3n) is 4.96. The molecule has 0 bridgehead atoms. The first kappa shape index (κ1) is 15.5. The van der Waals surface area contributed by atoms with Gasteiger partial charge < -0.3 is 14.6 Å². The van der Waals surface area contributed by atoms with Crippen molar-refractivity contribution in [1.82, 2.24) is 14.9 Å². The molecule has 0 aromatic carbocycles. The summed E-state index contributed by atoms with van der Waals surface area (Å²) in [7, 11) is 1.73. The van der Waals surface area contributed by atoms with Crippen LogP contribution in [0.4, 0.5) is 0 Å². The Hall–Kier alpha value is -1.36. The number of likely N-dealkylation sites (tertiary alicyclic amines) is 1. The van der Waals surface area contributed by atoms with E-state index in [0.717, 1.165) is 51.2 Å². The lowest BCUT2D eigenvalue weighted by Crippen LogP contribution is -2.37. The van der Waals surface area contributed by atoms with Gasteiger partial charge in [0.2, 0.25) is 5.91 Å². The monoisotopic (exact) mass is 305 g/mol. The van der Waals surface area contributed by atoms with E-state index in [-0.39, 0.29) is 5.92 Å². The predicted octanol–water partition coefficient (Wildman–Crippen LogP) is 2.13. The van der Waals surface area contributed by atoms with Gasteiger partial charge in [0.05, 0.1) is 12.3 Å². The smallest absolute Gasteiger partial charge is 0.226 e. The second kappa shape index (κ2) is 6.41. The summed E-state index contributed by atoms with van der Waals surface area (Å²) in [6.07, 6.45) is 3.74. The topological polar surface area (TPSA) is 58.2 Å². The third-order valence-corrected chi connectivity index (χ3v) is 4.96. The number of H-pyrrole nitrogens is 1. The lowest BCUT2D eigenvalue weighted by Gasteiger charge is -2.26. The summed E-state index contributed by atoms with van der Waals surface area (Å²) in [4.78, 5) is 22.9. The van der Waals surface area contributed by atoms with Gasteiger partial charge in [0.15, 0.2) is 0 Å². The van der Waals surface area contributed by atoms with Crippen molar-refractivity contribution in [2.45, 2.75) is 45.4 Å². The number of aromatic nitrogens is 2. The van der Waals surface area contributed by atoms with Crippen LogP contribution in [0.1, 0.15) is 49.8 Å². The van der Waals surface area contributed by atoms with Crippen LogP contribution in [0, 0.1) is 11.8 Å². The van der Waals surface area contributed by atoms with Gasteiger partial charge in [0.25, 0.3) is 0 Å². The maximum absolute atomic E-state index is 12.8. The van der Waals surface area contributed by atoms with E-state index in [1.807, 2.05) is 4.90 Å². The second-order valence-electron chi connectivity index (χ2n) is 7.04. The number of hydrogen-bond acceptors (Lipinski definition) is 3. The summed E-state index contributed by atoms with van der Waals surface area (Å²) in [5, 5.41) is 0. The lowest BCUT2D eigenvalue weighted by atomic mass is 9.89. The lowest BCUT2D eigenvalue weighted by molar-refractivity contribution is -0.135. The summed E-state index contributed by atoms with van der Waals surface area (Å²) in [5.41, 5.74) is 2.35. The van der Waals surface area contributed by atoms with Crippen LogP contribution in [-0.2, 0) is 22.4 Å². The fourth-order valence-electron chi connectivity index (χ4n) is 3.65. The Kier molecular flexibility index (Phi) is 4.52. The largest absolute Gasteiger partial charge is 0.384 e. The summed E-state index contributed by atoms with van der Waals surface area (Å²) >= 11 is 0. The molecular formula is C17H27N3O2. The third kappa shape index (κ3) is 3.05. The van der Waals surface area contributed by atoms with E-state index in [2.05, 4.69) is 23.8 Å². The van der Waals surface area contributed by atoms with Crippen LogP contribution in [0.25, 0.3) is 0 Å². The molecule has 1 N–H and O–H groups in total. The molecule has 0 unspecified atom stereocenters. The number of carbonyl (C=O) groups is 1. The molecule has 122 valence electrons. The van der Waals surface area contributed by atoms with Crippen LogP contribution >= 0.6 is 0 Å². The summed E-state index contributed by atoms with van der Waals surface area (Å²) in [5.74, 6) is 2.42. The molecule has 3 rings (SSSR count). The number of amides is 1. The van der Waals surface area contributed by atoms with Crippen LogP contribution < -0.4 is 0 Å². The van der Waals surface area contributed by atoms with Crippen molar-refractivity contribution >= 4 is 5.91 Å². The van der Waals surface area contributed by atoms with E-state index in [4.69, 9.17) is 4.74 Å². The number of aryl methyl sites for hydroxylation is 1. The van der Waals surface area contributed by atoms with Crippen molar-refractivity contribution in [3.05, 3.63) is 17.2 Å². The molecule has 1 aliphatic carbocycles. The molecule has 1 aliphatic heterocycles. The highest BCUT2D eigenvalue weighted by molar-refractivity contribution is 5.79. The highest BCUT2D eigenvalue weighted by atomic mass is 16.5. The van der Waals surface area contributed by atoms with Crippen molar-refractivity contribution in [2.24, 2.45) is 11.8 Å². The van der Waals surface area contributed by atoms with Crippen molar-refractivity contribution in [3.8, 4) is 0 Å². The fraction of sp³-hybridized carbons (Fsp3) is 0.765. The second-order valence-corrected chi connectivity index (χ2v) is 7.04. The molecule has 2 aliphatic rings. The maximum Gasteiger partial charge on any atom is 0.226 e. The zero-order chi connectivity index (χ0) is 15.7. The number of ether oxygens (including phenoxy) is 1. The van der Waals surface area contributed by atoms with Crippen molar-refractivity contribution in [1.29, 1.82) is 0 Å². The number of fused-ring (bicyclic) bond motifs is 1. The molecule has 1 aromatic heterocycles. The summed E-state index contributed by atoms with van der Waals surface area (Å²) in [6, 6.07) is 0. The Morgan fingerprint density at radius 2 is 2.27 bits per heavy atom. The molecule has 5 nitrogen and oxygen atoms in total. The summed E-state index contributed by atoms with van der Waals surface area (Å²) < 4.78 is 5.22. The van der Waals surface area contributed by atoms with Gasteiger partial charge in [-0.3, -0.25) is 4.79 Å². The fourth-order valence-corrected chi connectivity index (χ4v) is 3.65. The Bertz CT molecular complexity index is 538. The first-order valence-electron chi connectivity index (χ1n) is 8.43. The van der Waals surface area contributed by atoms with Gasteiger partial charge in [0.1, 0.15) is 5.82 Å². The average Bonchev–Trinajstić information content (AvgIpc) is 3.12. The number of nitrogens with zero attached hydrogens (tertiary/aromatic N) is 2. The SMILES string of the molecule is COC[C@@H]1CCN(C(=O)[C@@H]2CCc3nc(C(C)C)[nH]c3C2)C1. The minimum atomic E-state index is 0.120. The van der Waals surface area contributed by atoms with Gasteiger partial charge in [-0.2, -0.15) is 0 Å². The molecule has 1 saturated heterocycles. The molecule has 5 heteroatoms. The van der Waals surface area contributed by atoms with Crippen molar-refractivity contribution in [3.63, 3.8) is 0 Å². The normalized spacial score (nSPS) is 24.8. The zero-order valence-corrected chi connectivity index (χ0v) is 13.9. The highest BCUT2D eigenvalue weighted by Gasteiger charge is 2.33. The standard InChI is InChI=1S/C17H27N3O2/c1-11(2)16-18-14-5-4-13(8-15(14)19-16)17(21)20-7-6-12(9-20)10-22-3/h11-13H,4-10H2,1-3H3,(H,18,19)/t12-,13-/m1/s1. The molecule has 1 aromatic rings. The highest BCUT2D eigenvalue weighted by Crippen LogP contribution is 2.28. The van der Waals surface area contributed by atoms with Gasteiger partial charge in [-0.15, -0.1) is 0 Å². The number of carbonyl (C=O) groups excluding carboxylic acids is 1. The van der Waals surface area contributed by atoms with Gasteiger partial charge >= 0.3 is 0 Å². The number of aromatic amines is 1. The summed E-state index contributed by atoms with van der Waals surface area (Å²) in [6.45, 7) is 6.80. The van der Waals surface area contributed by atoms with Crippen LogP contribution in [0.5, 0.6) is 0 Å². The molecule has 1 fully saturated rings. The average molecular weight is 305 g/mol. The molecule has 0 spiro atoms. The van der Waals surface area contributed by atoms with E-state index in [0.29, 0.717) is 17.7 Å². The molecular weight excluding hydrogens is 278 g/mol. The Morgan fingerprint density at radius 1 is 1.45 bits per heavy atom. The molecule has 2 heterocycles. The Balaban J connectivity index is 1.63. The van der Waals surface area contributed by atoms with Gasteiger partial charge in [0, 0.05) is 50.1 Å². The number of rotatable bonds is 4. The van der Waals surface area contributed by atoms with E-state index < -0.39 is 0 Å². The minimum absolute atomic E-state index is 0.120. The van der Waals surface area contributed by atoms with Crippen molar-refractivity contribution < 1.29 is 9.53 Å². The maximum atomic E-state index is 12.8. The number of hydrogen-bond donors (Lipinski definition) is 1. The van der Waals surface area contributed by atoms with Crippen LogP contribution in [0.15, 0.2) is 0 Å². The van der Waals surface area contributed by atoms with Gasteiger partial charge in [-0.1, -0.05) is 13.8 Å². The quantitative estimate of drug-likeness (QED) is 0.927. The minimum Gasteiger partial charge on any atom is -0.384 e. The van der Waals surface area contributed by atoms with Crippen molar-refractivity contribution in [2.75, 3.05) is 26.8 Å². The van der Waals surface area contributed by atoms with E-state index >= 15 is 0 Å². The molecule has 0 radical (unpaired) electrons.